The zero-order valence-electron chi connectivity index (χ0n) is 18.9. The molecule has 1 fully saturated rings. The van der Waals surface area contributed by atoms with Crippen molar-refractivity contribution >= 4 is 28.3 Å². The summed E-state index contributed by atoms with van der Waals surface area (Å²) >= 11 is 0. The smallest absolute Gasteiger partial charge is 0.332 e. The lowest BCUT2D eigenvalue weighted by Crippen LogP contribution is -2.67. The molecule has 9 heteroatoms. The van der Waals surface area contributed by atoms with Crippen molar-refractivity contribution in [3.05, 3.63) is 90.5 Å². The quantitative estimate of drug-likeness (QED) is 0.427. The van der Waals surface area contributed by atoms with E-state index in [1.807, 2.05) is 36.4 Å². The number of pyridine rings is 2. The van der Waals surface area contributed by atoms with Gasteiger partial charge in [0.2, 0.25) is 5.91 Å². The van der Waals surface area contributed by atoms with Crippen molar-refractivity contribution < 1.29 is 22.8 Å². The van der Waals surface area contributed by atoms with Gasteiger partial charge in [0.15, 0.2) is 0 Å². The van der Waals surface area contributed by atoms with Crippen molar-refractivity contribution in [2.75, 3.05) is 18.0 Å². The van der Waals surface area contributed by atoms with E-state index >= 15 is 0 Å². The van der Waals surface area contributed by atoms with E-state index in [0.717, 1.165) is 21.9 Å². The lowest BCUT2D eigenvalue weighted by molar-refractivity contribution is -0.193. The van der Waals surface area contributed by atoms with Crippen LogP contribution < -0.4 is 4.90 Å². The molecular formula is C27H19F3N4O2. The first-order chi connectivity index (χ1) is 17.3. The van der Waals surface area contributed by atoms with Crippen LogP contribution in [0.1, 0.15) is 11.3 Å². The number of halogens is 3. The number of fused-ring (bicyclic) bond motifs is 3. The molecule has 4 aromatic rings. The van der Waals surface area contributed by atoms with Crippen molar-refractivity contribution in [1.82, 2.24) is 14.9 Å². The highest BCUT2D eigenvalue weighted by Gasteiger charge is 2.61. The maximum Gasteiger partial charge on any atom is 0.471 e. The van der Waals surface area contributed by atoms with Crippen molar-refractivity contribution in [3.63, 3.8) is 0 Å². The van der Waals surface area contributed by atoms with Crippen molar-refractivity contribution in [2.24, 2.45) is 0 Å². The monoisotopic (exact) mass is 488 g/mol. The second kappa shape index (κ2) is 7.87. The zero-order chi connectivity index (χ0) is 25.1. The Kier molecular flexibility index (Phi) is 4.86. The predicted molar refractivity (Wildman–Crippen MR) is 127 cm³/mol. The molecule has 180 valence electrons. The summed E-state index contributed by atoms with van der Waals surface area (Å²) in [6.07, 6.45) is 0.188. The van der Waals surface area contributed by atoms with E-state index < -0.39 is 17.5 Å². The number of rotatable bonds is 3. The molecule has 2 aromatic carbocycles. The zero-order valence-corrected chi connectivity index (χ0v) is 18.9. The number of anilines is 1. The topological polar surface area (TPSA) is 66.4 Å². The molecule has 6 rings (SSSR count). The summed E-state index contributed by atoms with van der Waals surface area (Å²) < 4.78 is 39.0. The van der Waals surface area contributed by atoms with Crippen LogP contribution in [-0.2, 0) is 21.5 Å². The first-order valence-corrected chi connectivity index (χ1v) is 11.3. The Bertz CT molecular complexity index is 1510. The van der Waals surface area contributed by atoms with Gasteiger partial charge >= 0.3 is 12.1 Å². The fraction of sp³-hybridized carbons (Fsp3) is 0.185. The summed E-state index contributed by atoms with van der Waals surface area (Å²) in [5.41, 5.74) is 2.39. The second-order valence-electron chi connectivity index (χ2n) is 9.06. The maximum atomic E-state index is 13.8. The molecule has 0 radical (unpaired) electrons. The lowest BCUT2D eigenvalue weighted by atomic mass is 9.74. The van der Waals surface area contributed by atoms with E-state index in [4.69, 9.17) is 0 Å². The Morgan fingerprint density at radius 1 is 0.972 bits per heavy atom. The van der Waals surface area contributed by atoms with Crippen molar-refractivity contribution in [1.29, 1.82) is 0 Å². The molecule has 0 N–H and O–H groups in total. The van der Waals surface area contributed by atoms with E-state index in [9.17, 15) is 22.8 Å². The van der Waals surface area contributed by atoms with E-state index in [1.165, 1.54) is 0 Å². The van der Waals surface area contributed by atoms with Gasteiger partial charge in [-0.25, -0.2) is 0 Å². The summed E-state index contributed by atoms with van der Waals surface area (Å²) in [4.78, 5) is 36.7. The van der Waals surface area contributed by atoms with Crippen LogP contribution in [0, 0.1) is 0 Å². The number of alkyl halides is 3. The van der Waals surface area contributed by atoms with Gasteiger partial charge < -0.3 is 9.80 Å². The molecule has 6 nitrogen and oxygen atoms in total. The van der Waals surface area contributed by atoms with E-state index in [1.54, 1.807) is 47.8 Å². The highest BCUT2D eigenvalue weighted by atomic mass is 19.4. The standard InChI is InChI=1S/C27H19F3N4O2/c28-27(29,30)25(36)33-15-26(16-33)20-9-3-4-10-22(20)34(24(26)35)14-21-23(18-7-5-11-31-12-18)19-8-2-1-6-17(19)13-32-21/h1-13H,14-16H2. The third kappa shape index (κ3) is 3.26. The number of likely N-dealkylation sites (tertiary alicyclic amines) is 1. The van der Waals surface area contributed by atoms with Crippen molar-refractivity contribution in [3.8, 4) is 11.1 Å². The van der Waals surface area contributed by atoms with Crippen LogP contribution in [0.3, 0.4) is 0 Å². The molecule has 2 amide bonds. The average molecular weight is 488 g/mol. The first-order valence-electron chi connectivity index (χ1n) is 11.3. The van der Waals surface area contributed by atoms with Gasteiger partial charge in [0.1, 0.15) is 5.41 Å². The summed E-state index contributed by atoms with van der Waals surface area (Å²) in [5.74, 6) is -2.26. The number of amides is 2. The lowest BCUT2D eigenvalue weighted by Gasteiger charge is -2.46. The molecule has 0 bridgehead atoms. The highest BCUT2D eigenvalue weighted by molar-refractivity contribution is 6.10. The van der Waals surface area contributed by atoms with Gasteiger partial charge in [0, 0.05) is 53.9 Å². The Morgan fingerprint density at radius 2 is 1.72 bits per heavy atom. The van der Waals surface area contributed by atoms with Crippen LogP contribution in [0.15, 0.2) is 79.3 Å². The average Bonchev–Trinajstić information content (AvgIpc) is 3.10. The molecule has 1 spiro atoms. The number of aromatic nitrogens is 2. The first kappa shape index (κ1) is 22.2. The minimum absolute atomic E-state index is 0.125. The number of carbonyl (C=O) groups is 2. The van der Waals surface area contributed by atoms with E-state index in [2.05, 4.69) is 9.97 Å². The van der Waals surface area contributed by atoms with Crippen LogP contribution in [0.25, 0.3) is 21.9 Å². The van der Waals surface area contributed by atoms with Gasteiger partial charge in [0.05, 0.1) is 12.2 Å². The molecule has 0 atom stereocenters. The Morgan fingerprint density at radius 3 is 2.47 bits per heavy atom. The van der Waals surface area contributed by atoms with Crippen LogP contribution >= 0.6 is 0 Å². The maximum absolute atomic E-state index is 13.8. The van der Waals surface area contributed by atoms with Crippen molar-refractivity contribution in [2.45, 2.75) is 18.1 Å². The number of para-hydroxylation sites is 1. The molecule has 1 saturated heterocycles. The fourth-order valence-corrected chi connectivity index (χ4v) is 5.29. The fourth-order valence-electron chi connectivity index (χ4n) is 5.29. The minimum atomic E-state index is -4.98. The van der Waals surface area contributed by atoms with Gasteiger partial charge in [-0.15, -0.1) is 0 Å². The summed E-state index contributed by atoms with van der Waals surface area (Å²) in [5, 5.41) is 1.89. The minimum Gasteiger partial charge on any atom is -0.332 e. The third-order valence-corrected chi connectivity index (χ3v) is 6.95. The van der Waals surface area contributed by atoms with Gasteiger partial charge in [-0.2, -0.15) is 13.2 Å². The number of nitrogens with zero attached hydrogens (tertiary/aromatic N) is 4. The summed E-state index contributed by atoms with van der Waals surface area (Å²) in [7, 11) is 0. The summed E-state index contributed by atoms with van der Waals surface area (Å²) in [6.45, 7) is -0.490. The van der Waals surface area contributed by atoms with Gasteiger partial charge in [0.25, 0.3) is 0 Å². The Hall–Kier alpha value is -4.27. The third-order valence-electron chi connectivity index (χ3n) is 6.95. The number of hydrogen-bond donors (Lipinski definition) is 0. The Balaban J connectivity index is 1.41. The SMILES string of the molecule is O=C(N1CC2(C1)C(=O)N(Cc1ncc3ccccc3c1-c1cccnc1)c1ccccc12)C(F)(F)F. The molecule has 2 aliphatic rings. The molecule has 2 aliphatic heterocycles. The molecule has 0 aliphatic carbocycles. The van der Waals surface area contributed by atoms with Crippen LogP contribution in [0.5, 0.6) is 0 Å². The highest BCUT2D eigenvalue weighted by Crippen LogP contribution is 2.49. The number of benzene rings is 2. The number of hydrogen-bond acceptors (Lipinski definition) is 4. The predicted octanol–water partition coefficient (Wildman–Crippen LogP) is 4.49. The van der Waals surface area contributed by atoms with Gasteiger partial charge in [-0.05, 0) is 23.1 Å². The number of carbonyl (C=O) groups excluding carboxylic acids is 2. The second-order valence-corrected chi connectivity index (χ2v) is 9.06. The molecule has 2 aromatic heterocycles. The van der Waals surface area contributed by atoms with Gasteiger partial charge in [-0.1, -0.05) is 48.5 Å². The molecule has 0 unspecified atom stereocenters. The van der Waals surface area contributed by atoms with Crippen LogP contribution in [0.4, 0.5) is 18.9 Å². The molecular weight excluding hydrogens is 469 g/mol. The largest absolute Gasteiger partial charge is 0.471 e. The van der Waals surface area contributed by atoms with E-state index in [0.29, 0.717) is 21.8 Å². The van der Waals surface area contributed by atoms with Gasteiger partial charge in [-0.3, -0.25) is 19.6 Å². The molecule has 4 heterocycles. The van der Waals surface area contributed by atoms with Crippen LogP contribution in [-0.4, -0.2) is 45.9 Å². The van der Waals surface area contributed by atoms with Crippen LogP contribution in [0.2, 0.25) is 0 Å². The molecule has 0 saturated carbocycles. The summed E-state index contributed by atoms with van der Waals surface area (Å²) in [6, 6.07) is 18.6. The molecule has 36 heavy (non-hydrogen) atoms. The van der Waals surface area contributed by atoms with E-state index in [-0.39, 0.29) is 25.5 Å². The Labute approximate surface area is 204 Å². The normalized spacial score (nSPS) is 16.4.